The van der Waals surface area contributed by atoms with Crippen molar-refractivity contribution in [2.75, 3.05) is 39.4 Å². The van der Waals surface area contributed by atoms with Gasteiger partial charge in [0, 0.05) is 50.5 Å². The fourth-order valence-corrected chi connectivity index (χ4v) is 5.79. The van der Waals surface area contributed by atoms with Crippen LogP contribution in [-0.4, -0.2) is 79.1 Å². The summed E-state index contributed by atoms with van der Waals surface area (Å²) < 4.78 is 6.29. The first kappa shape index (κ1) is 29.9. The van der Waals surface area contributed by atoms with E-state index >= 15 is 0 Å². The van der Waals surface area contributed by atoms with Crippen molar-refractivity contribution < 1.29 is 19.1 Å². The van der Waals surface area contributed by atoms with Gasteiger partial charge in [-0.05, 0) is 30.2 Å². The molecule has 2 heterocycles. The van der Waals surface area contributed by atoms with Gasteiger partial charge < -0.3 is 20.7 Å². The molecular formula is C29H36ClN5O4S. The van der Waals surface area contributed by atoms with Gasteiger partial charge in [0.05, 0.1) is 34.5 Å². The van der Waals surface area contributed by atoms with Crippen LogP contribution < -0.4 is 16.0 Å². The van der Waals surface area contributed by atoms with Crippen molar-refractivity contribution in [2.45, 2.75) is 44.7 Å². The molecule has 0 unspecified atom stereocenters. The minimum atomic E-state index is -0.807. The smallest absolute Gasteiger partial charge is 0.243 e. The summed E-state index contributed by atoms with van der Waals surface area (Å²) in [7, 11) is 0. The second-order valence-corrected chi connectivity index (χ2v) is 11.4. The molecule has 0 radical (unpaired) electrons. The quantitative estimate of drug-likeness (QED) is 0.284. The Morgan fingerprint density at radius 2 is 1.82 bits per heavy atom. The highest BCUT2D eigenvalue weighted by atomic mass is 35.5. The van der Waals surface area contributed by atoms with Gasteiger partial charge in [0.1, 0.15) is 6.04 Å². The Balaban J connectivity index is 1.42. The Bertz CT molecular complexity index is 1280. The second kappa shape index (κ2) is 15.1. The standard InChI is InChI=1S/C29H36ClN5O4S/c1-2-26(36)33-24(18-28-34-23-9-8-21(30)17-25(23)40-28)29(38)32-22(16-20-6-4-3-5-7-20)19-31-27(37)10-11-35-12-14-39-15-13-35/h3-9,17,22,24H,2,10-16,18-19H2,1H3,(H,31,37)(H,32,38)(H,33,36)/t22-,24-/m0/s1. The van der Waals surface area contributed by atoms with Gasteiger partial charge in [-0.25, -0.2) is 4.98 Å². The Kier molecular flexibility index (Phi) is 11.3. The number of amides is 3. The molecule has 214 valence electrons. The molecule has 1 aromatic heterocycles. The molecular weight excluding hydrogens is 550 g/mol. The Morgan fingerprint density at radius 3 is 2.58 bits per heavy atom. The van der Waals surface area contributed by atoms with Crippen molar-refractivity contribution in [3.05, 3.63) is 64.1 Å². The molecule has 9 nitrogen and oxygen atoms in total. The van der Waals surface area contributed by atoms with E-state index in [1.807, 2.05) is 42.5 Å². The van der Waals surface area contributed by atoms with E-state index in [2.05, 4.69) is 25.8 Å². The molecule has 3 aromatic rings. The molecule has 3 N–H and O–H groups in total. The third kappa shape index (κ3) is 9.26. The number of morpholine rings is 1. The fourth-order valence-electron chi connectivity index (χ4n) is 4.50. The van der Waals surface area contributed by atoms with Gasteiger partial charge in [-0.1, -0.05) is 48.9 Å². The van der Waals surface area contributed by atoms with Crippen molar-refractivity contribution in [1.29, 1.82) is 0 Å². The molecule has 2 aromatic carbocycles. The summed E-state index contributed by atoms with van der Waals surface area (Å²) in [4.78, 5) is 45.4. The first-order chi connectivity index (χ1) is 19.4. The minimum Gasteiger partial charge on any atom is -0.379 e. The zero-order valence-electron chi connectivity index (χ0n) is 22.7. The molecule has 0 bridgehead atoms. The maximum absolute atomic E-state index is 13.5. The number of hydrogen-bond donors (Lipinski definition) is 3. The van der Waals surface area contributed by atoms with E-state index in [1.165, 1.54) is 11.3 Å². The van der Waals surface area contributed by atoms with Crippen LogP contribution in [0.15, 0.2) is 48.5 Å². The molecule has 3 amide bonds. The van der Waals surface area contributed by atoms with Crippen molar-refractivity contribution in [2.24, 2.45) is 0 Å². The highest BCUT2D eigenvalue weighted by molar-refractivity contribution is 7.18. The molecule has 2 atom stereocenters. The molecule has 0 aliphatic carbocycles. The number of nitrogens with one attached hydrogen (secondary N) is 3. The zero-order valence-corrected chi connectivity index (χ0v) is 24.2. The summed E-state index contributed by atoms with van der Waals surface area (Å²) >= 11 is 7.58. The minimum absolute atomic E-state index is 0.0669. The average Bonchev–Trinajstić information content (AvgIpc) is 3.36. The van der Waals surface area contributed by atoms with Crippen molar-refractivity contribution in [3.8, 4) is 0 Å². The number of aromatic nitrogens is 1. The van der Waals surface area contributed by atoms with Crippen LogP contribution in [0.3, 0.4) is 0 Å². The lowest BCUT2D eigenvalue weighted by molar-refractivity contribution is -0.129. The number of halogens is 1. The molecule has 0 saturated carbocycles. The third-order valence-electron chi connectivity index (χ3n) is 6.72. The Labute approximate surface area is 243 Å². The number of nitrogens with zero attached hydrogens (tertiary/aromatic N) is 2. The average molecular weight is 586 g/mol. The molecule has 4 rings (SSSR count). The Morgan fingerprint density at radius 1 is 1.05 bits per heavy atom. The molecule has 1 saturated heterocycles. The SMILES string of the molecule is CCC(=O)N[C@@H](Cc1nc2ccc(Cl)cc2s1)C(=O)N[C@H](CNC(=O)CCN1CCOCC1)Cc1ccccc1. The summed E-state index contributed by atoms with van der Waals surface area (Å²) in [6, 6.07) is 14.1. The van der Waals surface area contributed by atoms with Crippen molar-refractivity contribution in [3.63, 3.8) is 0 Å². The third-order valence-corrected chi connectivity index (χ3v) is 8.00. The maximum atomic E-state index is 13.5. The molecule has 1 aliphatic heterocycles. The Hall–Kier alpha value is -3.05. The van der Waals surface area contributed by atoms with Crippen molar-refractivity contribution >= 4 is 50.9 Å². The van der Waals surface area contributed by atoms with Crippen LogP contribution in [0, 0.1) is 0 Å². The number of fused-ring (bicyclic) bond motifs is 1. The summed E-state index contributed by atoms with van der Waals surface area (Å²) in [5, 5.41) is 10.3. The number of carbonyl (C=O) groups is 3. The normalized spacial score (nSPS) is 15.3. The monoisotopic (exact) mass is 585 g/mol. The van der Waals surface area contributed by atoms with Crippen LogP contribution >= 0.6 is 22.9 Å². The van der Waals surface area contributed by atoms with Crippen LogP contribution in [0.25, 0.3) is 10.2 Å². The summed E-state index contributed by atoms with van der Waals surface area (Å²) in [5.41, 5.74) is 1.83. The van der Waals surface area contributed by atoms with Gasteiger partial charge in [-0.15, -0.1) is 11.3 Å². The lowest BCUT2D eigenvalue weighted by Crippen LogP contribution is -2.53. The maximum Gasteiger partial charge on any atom is 0.243 e. The number of benzene rings is 2. The van der Waals surface area contributed by atoms with Gasteiger partial charge in [-0.2, -0.15) is 0 Å². The summed E-state index contributed by atoms with van der Waals surface area (Å²) in [5.74, 6) is -0.606. The van der Waals surface area contributed by atoms with Gasteiger partial charge >= 0.3 is 0 Å². The van der Waals surface area contributed by atoms with Crippen LogP contribution in [0.4, 0.5) is 0 Å². The summed E-state index contributed by atoms with van der Waals surface area (Å²) in [6.45, 7) is 5.72. The van der Waals surface area contributed by atoms with Crippen LogP contribution in [0.2, 0.25) is 5.02 Å². The first-order valence-electron chi connectivity index (χ1n) is 13.6. The number of ether oxygens (including phenoxy) is 1. The van der Waals surface area contributed by atoms with Crippen LogP contribution in [-0.2, 0) is 32.0 Å². The second-order valence-electron chi connectivity index (χ2n) is 9.80. The van der Waals surface area contributed by atoms with E-state index in [4.69, 9.17) is 16.3 Å². The van der Waals surface area contributed by atoms with Crippen molar-refractivity contribution in [1.82, 2.24) is 25.8 Å². The van der Waals surface area contributed by atoms with Crippen LogP contribution in [0.1, 0.15) is 30.3 Å². The number of hydrogen-bond acceptors (Lipinski definition) is 7. The summed E-state index contributed by atoms with van der Waals surface area (Å²) in [6.07, 6.45) is 1.41. The molecule has 1 fully saturated rings. The van der Waals surface area contributed by atoms with E-state index < -0.39 is 6.04 Å². The van der Waals surface area contributed by atoms with Gasteiger partial charge in [-0.3, -0.25) is 19.3 Å². The number of rotatable bonds is 13. The first-order valence-corrected chi connectivity index (χ1v) is 14.8. The molecule has 11 heteroatoms. The van der Waals surface area contributed by atoms with Gasteiger partial charge in [0.15, 0.2) is 0 Å². The number of carbonyl (C=O) groups excluding carboxylic acids is 3. The number of thiazole rings is 1. The van der Waals surface area contributed by atoms with E-state index in [0.717, 1.165) is 33.9 Å². The fraction of sp³-hybridized carbons (Fsp3) is 0.448. The van der Waals surface area contributed by atoms with Gasteiger partial charge in [0.2, 0.25) is 17.7 Å². The molecule has 0 spiro atoms. The predicted molar refractivity (Wildman–Crippen MR) is 158 cm³/mol. The van der Waals surface area contributed by atoms with E-state index in [-0.39, 0.29) is 43.1 Å². The molecule has 40 heavy (non-hydrogen) atoms. The lowest BCUT2D eigenvalue weighted by atomic mass is 10.0. The highest BCUT2D eigenvalue weighted by Crippen LogP contribution is 2.26. The van der Waals surface area contributed by atoms with Crippen LogP contribution in [0.5, 0.6) is 0 Å². The zero-order chi connectivity index (χ0) is 28.3. The van der Waals surface area contributed by atoms with E-state index in [0.29, 0.717) is 37.6 Å². The predicted octanol–water partition coefficient (Wildman–Crippen LogP) is 2.95. The van der Waals surface area contributed by atoms with Gasteiger partial charge in [0.25, 0.3) is 0 Å². The van der Waals surface area contributed by atoms with E-state index in [1.54, 1.807) is 13.0 Å². The van der Waals surface area contributed by atoms with E-state index in [9.17, 15) is 14.4 Å². The highest BCUT2D eigenvalue weighted by Gasteiger charge is 2.25. The molecule has 1 aliphatic rings. The lowest BCUT2D eigenvalue weighted by Gasteiger charge is -2.26. The largest absolute Gasteiger partial charge is 0.379 e. The topological polar surface area (TPSA) is 113 Å².